The minimum absolute atomic E-state index is 0.0339. The second-order valence-electron chi connectivity index (χ2n) is 5.63. The van der Waals surface area contributed by atoms with Gasteiger partial charge >= 0.3 is 6.09 Å². The summed E-state index contributed by atoms with van der Waals surface area (Å²) >= 11 is 3.47. The Bertz CT molecular complexity index is 371. The first-order valence-electron chi connectivity index (χ1n) is 6.45. The zero-order valence-electron chi connectivity index (χ0n) is 11.6. The van der Waals surface area contributed by atoms with Crippen LogP contribution in [-0.2, 0) is 4.74 Å². The van der Waals surface area contributed by atoms with Gasteiger partial charge in [0.25, 0.3) is 0 Å². The quantitative estimate of drug-likeness (QED) is 0.832. The molecule has 2 N–H and O–H groups in total. The first kappa shape index (κ1) is 16.2. The van der Waals surface area contributed by atoms with Crippen LogP contribution in [0.4, 0.5) is 4.79 Å². The van der Waals surface area contributed by atoms with E-state index in [2.05, 4.69) is 21.2 Å². The van der Waals surface area contributed by atoms with E-state index in [4.69, 9.17) is 9.84 Å². The summed E-state index contributed by atoms with van der Waals surface area (Å²) in [5, 5.41) is 12.0. The lowest BCUT2D eigenvalue weighted by atomic mass is 9.91. The highest BCUT2D eigenvalue weighted by Crippen LogP contribution is 2.26. The molecule has 0 aliphatic heterocycles. The van der Waals surface area contributed by atoms with Crippen molar-refractivity contribution >= 4 is 22.0 Å². The van der Waals surface area contributed by atoms with Crippen LogP contribution in [0.1, 0.15) is 33.6 Å². The molecule has 0 spiro atoms. The molecule has 108 valence electrons. The van der Waals surface area contributed by atoms with Crippen LogP contribution in [0.5, 0.6) is 0 Å². The lowest BCUT2D eigenvalue weighted by Gasteiger charge is -2.28. The Kier molecular flexibility index (Phi) is 6.07. The lowest BCUT2D eigenvalue weighted by molar-refractivity contribution is 0.0483. The van der Waals surface area contributed by atoms with Crippen LogP contribution < -0.4 is 5.32 Å². The number of hydrogen-bond acceptors (Lipinski definition) is 3. The molecule has 0 saturated heterocycles. The fourth-order valence-electron chi connectivity index (χ4n) is 1.93. The topological polar surface area (TPSA) is 58.6 Å². The van der Waals surface area contributed by atoms with E-state index >= 15 is 0 Å². The van der Waals surface area contributed by atoms with Gasteiger partial charge in [0.05, 0.1) is 0 Å². The predicted molar refractivity (Wildman–Crippen MR) is 79.1 cm³/mol. The Labute approximate surface area is 123 Å². The molecule has 1 aliphatic carbocycles. The number of halogens is 1. The van der Waals surface area contributed by atoms with Gasteiger partial charge in [-0.3, -0.25) is 0 Å². The summed E-state index contributed by atoms with van der Waals surface area (Å²) in [6.07, 6.45) is 6.87. The fraction of sp³-hybridized carbons (Fsp3) is 0.643. The Morgan fingerprint density at radius 3 is 2.84 bits per heavy atom. The largest absolute Gasteiger partial charge is 0.444 e. The van der Waals surface area contributed by atoms with Gasteiger partial charge in [-0.25, -0.2) is 4.79 Å². The van der Waals surface area contributed by atoms with Crippen LogP contribution >= 0.6 is 15.9 Å². The molecule has 0 aromatic rings. The molecule has 2 unspecified atom stereocenters. The van der Waals surface area contributed by atoms with Gasteiger partial charge in [0.1, 0.15) is 5.60 Å². The number of allylic oxidation sites excluding steroid dienone is 3. The molecule has 0 bridgehead atoms. The minimum atomic E-state index is -0.517. The maximum Gasteiger partial charge on any atom is 0.407 e. The Balaban J connectivity index is 2.60. The number of carbonyl (C=O) groups is 1. The summed E-state index contributed by atoms with van der Waals surface area (Å²) in [7, 11) is 0. The van der Waals surface area contributed by atoms with Crippen LogP contribution in [-0.4, -0.2) is 29.4 Å². The van der Waals surface area contributed by atoms with Crippen molar-refractivity contribution in [1.29, 1.82) is 0 Å². The highest BCUT2D eigenvalue weighted by atomic mass is 79.9. The zero-order chi connectivity index (χ0) is 14.5. The molecule has 1 aliphatic rings. The van der Waals surface area contributed by atoms with Crippen molar-refractivity contribution in [3.05, 3.63) is 22.7 Å². The molecule has 0 radical (unpaired) electrons. The zero-order valence-corrected chi connectivity index (χ0v) is 13.2. The van der Waals surface area contributed by atoms with Gasteiger partial charge in [0.15, 0.2) is 0 Å². The Morgan fingerprint density at radius 2 is 2.32 bits per heavy atom. The van der Waals surface area contributed by atoms with Crippen molar-refractivity contribution in [2.24, 2.45) is 5.92 Å². The van der Waals surface area contributed by atoms with E-state index < -0.39 is 11.7 Å². The van der Waals surface area contributed by atoms with E-state index in [1.54, 1.807) is 0 Å². The van der Waals surface area contributed by atoms with Crippen LogP contribution in [0.25, 0.3) is 0 Å². The number of rotatable bonds is 4. The predicted octanol–water partition coefficient (Wildman–Crippen LogP) is 3.12. The third-order valence-electron chi connectivity index (χ3n) is 2.73. The van der Waals surface area contributed by atoms with Crippen LogP contribution in [0.2, 0.25) is 0 Å². The van der Waals surface area contributed by atoms with E-state index in [-0.39, 0.29) is 18.6 Å². The van der Waals surface area contributed by atoms with Crippen molar-refractivity contribution in [1.82, 2.24) is 5.32 Å². The Hall–Kier alpha value is -0.810. The minimum Gasteiger partial charge on any atom is -0.444 e. The van der Waals surface area contributed by atoms with Gasteiger partial charge in [-0.2, -0.15) is 0 Å². The summed E-state index contributed by atoms with van der Waals surface area (Å²) in [5.41, 5.74) is -0.517. The molecule has 1 rings (SSSR count). The van der Waals surface area contributed by atoms with Crippen molar-refractivity contribution in [3.8, 4) is 0 Å². The molecule has 1 amide bonds. The average molecular weight is 332 g/mol. The smallest absolute Gasteiger partial charge is 0.407 e. The standard InChI is InChI=1S/C14H22BrNO3/c1-14(2,3)19-13(18)16-12(7-8-17)10-5-4-6-11(15)9-10/h4-6,10,12,17H,7-9H2,1-3H3,(H,16,18). The van der Waals surface area contributed by atoms with Gasteiger partial charge < -0.3 is 15.2 Å². The maximum atomic E-state index is 11.8. The summed E-state index contributed by atoms with van der Waals surface area (Å²) in [6, 6.07) is -0.127. The molecule has 4 nitrogen and oxygen atoms in total. The number of carbonyl (C=O) groups excluding carboxylic acids is 1. The number of alkyl carbamates (subject to hydrolysis) is 1. The van der Waals surface area contributed by atoms with Crippen molar-refractivity contribution < 1.29 is 14.6 Å². The second kappa shape index (κ2) is 7.10. The highest BCUT2D eigenvalue weighted by molar-refractivity contribution is 9.11. The number of aliphatic hydroxyl groups excluding tert-OH is 1. The summed E-state index contributed by atoms with van der Waals surface area (Å²) in [4.78, 5) is 11.8. The SMILES string of the molecule is CC(C)(C)OC(=O)NC(CCO)C1C=CC=C(Br)C1. The first-order chi connectivity index (χ1) is 8.81. The number of aliphatic hydroxyl groups is 1. The summed E-state index contributed by atoms with van der Waals surface area (Å²) < 4.78 is 6.34. The Morgan fingerprint density at radius 1 is 1.63 bits per heavy atom. The molecular weight excluding hydrogens is 310 g/mol. The molecule has 2 atom stereocenters. The monoisotopic (exact) mass is 331 g/mol. The summed E-state index contributed by atoms with van der Waals surface area (Å²) in [6.45, 7) is 5.51. The fourth-order valence-corrected chi connectivity index (χ4v) is 2.46. The number of hydrogen-bond donors (Lipinski definition) is 2. The summed E-state index contributed by atoms with van der Waals surface area (Å²) in [5.74, 6) is 0.166. The third kappa shape index (κ3) is 6.25. The van der Waals surface area contributed by atoms with Gasteiger partial charge in [-0.15, -0.1) is 0 Å². The third-order valence-corrected chi connectivity index (χ3v) is 3.31. The molecule has 19 heavy (non-hydrogen) atoms. The van der Waals surface area contributed by atoms with Crippen molar-refractivity contribution in [2.45, 2.75) is 45.3 Å². The van der Waals surface area contributed by atoms with Crippen LogP contribution in [0, 0.1) is 5.92 Å². The van der Waals surface area contributed by atoms with Crippen molar-refractivity contribution in [2.75, 3.05) is 6.61 Å². The molecular formula is C14H22BrNO3. The van der Waals surface area contributed by atoms with E-state index in [0.717, 1.165) is 10.9 Å². The maximum absolute atomic E-state index is 11.8. The van der Waals surface area contributed by atoms with Crippen molar-refractivity contribution in [3.63, 3.8) is 0 Å². The number of amides is 1. The molecule has 0 aromatic carbocycles. The molecule has 0 aromatic heterocycles. The van der Waals surface area contributed by atoms with E-state index in [1.807, 2.05) is 39.0 Å². The number of nitrogens with one attached hydrogen (secondary N) is 1. The highest BCUT2D eigenvalue weighted by Gasteiger charge is 2.25. The van der Waals surface area contributed by atoms with Crippen LogP contribution in [0.15, 0.2) is 22.7 Å². The molecule has 5 heteroatoms. The first-order valence-corrected chi connectivity index (χ1v) is 7.24. The number of ether oxygens (including phenoxy) is 1. The van der Waals surface area contributed by atoms with Gasteiger partial charge in [-0.1, -0.05) is 34.2 Å². The average Bonchev–Trinajstić information content (AvgIpc) is 2.26. The van der Waals surface area contributed by atoms with Crippen LogP contribution in [0.3, 0.4) is 0 Å². The lowest BCUT2D eigenvalue weighted by Crippen LogP contribution is -2.43. The van der Waals surface area contributed by atoms with Gasteiger partial charge in [0.2, 0.25) is 0 Å². The van der Waals surface area contributed by atoms with E-state index in [9.17, 15) is 4.79 Å². The van der Waals surface area contributed by atoms with Gasteiger partial charge in [0, 0.05) is 18.6 Å². The second-order valence-corrected chi connectivity index (χ2v) is 6.65. The molecule has 0 saturated carbocycles. The van der Waals surface area contributed by atoms with E-state index in [1.165, 1.54) is 0 Å². The molecule has 0 fully saturated rings. The normalized spacial score (nSPS) is 20.7. The van der Waals surface area contributed by atoms with E-state index in [0.29, 0.717) is 6.42 Å². The molecule has 0 heterocycles. The van der Waals surface area contributed by atoms with Gasteiger partial charge in [-0.05, 0) is 38.1 Å².